The molecule has 5 heteroatoms. The van der Waals surface area contributed by atoms with Gasteiger partial charge in [-0.15, -0.1) is 6.58 Å². The zero-order chi connectivity index (χ0) is 28.3. The molecule has 212 valence electrons. The summed E-state index contributed by atoms with van der Waals surface area (Å²) < 4.78 is 12.0. The van der Waals surface area contributed by atoms with Crippen molar-refractivity contribution in [2.75, 3.05) is 40.4 Å². The summed E-state index contributed by atoms with van der Waals surface area (Å²) in [5, 5.41) is 2.25. The van der Waals surface area contributed by atoms with Gasteiger partial charge >= 0.3 is 0 Å². The minimum atomic E-state index is -0.116. The maximum atomic E-state index is 14.3. The second-order valence-electron chi connectivity index (χ2n) is 12.1. The third kappa shape index (κ3) is 5.55. The Balaban J connectivity index is 1.55. The van der Waals surface area contributed by atoms with E-state index in [0.29, 0.717) is 18.4 Å². The molecule has 2 aliphatic rings. The van der Waals surface area contributed by atoms with E-state index in [0.717, 1.165) is 61.0 Å². The quantitative estimate of drug-likeness (QED) is 0.288. The third-order valence-electron chi connectivity index (χ3n) is 9.19. The summed E-state index contributed by atoms with van der Waals surface area (Å²) in [5.41, 5.74) is 1.94. The molecular formula is C35H44N2O3. The van der Waals surface area contributed by atoms with Crippen LogP contribution < -0.4 is 4.74 Å². The van der Waals surface area contributed by atoms with Gasteiger partial charge in [0.1, 0.15) is 5.75 Å². The predicted molar refractivity (Wildman–Crippen MR) is 163 cm³/mol. The summed E-state index contributed by atoms with van der Waals surface area (Å²) in [6, 6.07) is 23.0. The normalized spacial score (nSPS) is 25.0. The first-order chi connectivity index (χ1) is 19.4. The minimum Gasteiger partial charge on any atom is -0.497 e. The molecule has 1 saturated heterocycles. The number of piperidine rings is 1. The fourth-order valence-corrected chi connectivity index (χ4v) is 7.29. The molecule has 4 unspecified atom stereocenters. The second kappa shape index (κ2) is 12.2. The molecule has 40 heavy (non-hydrogen) atoms. The number of hydrogen-bond acceptors (Lipinski definition) is 4. The van der Waals surface area contributed by atoms with E-state index in [1.807, 2.05) is 37.5 Å². The van der Waals surface area contributed by atoms with Crippen LogP contribution in [0.5, 0.6) is 5.75 Å². The lowest BCUT2D eigenvalue weighted by atomic mass is 9.56. The molecule has 4 atom stereocenters. The lowest BCUT2D eigenvalue weighted by molar-refractivity contribution is -0.0804. The molecular weight excluding hydrogens is 496 g/mol. The Bertz CT molecular complexity index is 1340. The van der Waals surface area contributed by atoms with Gasteiger partial charge in [0.05, 0.1) is 13.2 Å². The molecule has 2 fully saturated rings. The summed E-state index contributed by atoms with van der Waals surface area (Å²) in [5.74, 6) is 1.65. The van der Waals surface area contributed by atoms with Crippen LogP contribution >= 0.6 is 0 Å². The Morgan fingerprint density at radius 1 is 1.10 bits per heavy atom. The van der Waals surface area contributed by atoms with E-state index < -0.39 is 0 Å². The lowest BCUT2D eigenvalue weighted by Crippen LogP contribution is -2.62. The molecule has 3 aromatic carbocycles. The number of rotatable bonds is 9. The van der Waals surface area contributed by atoms with Gasteiger partial charge in [0.25, 0.3) is 5.91 Å². The second-order valence-corrected chi connectivity index (χ2v) is 12.1. The molecule has 1 heterocycles. The Labute approximate surface area is 239 Å². The molecule has 5 nitrogen and oxygen atoms in total. The Hall–Kier alpha value is -3.15. The van der Waals surface area contributed by atoms with Gasteiger partial charge < -0.3 is 14.4 Å². The number of methoxy groups -OCH3 is 2. The number of amides is 1. The van der Waals surface area contributed by atoms with Crippen molar-refractivity contribution in [2.24, 2.45) is 11.8 Å². The largest absolute Gasteiger partial charge is 0.497 e. The lowest BCUT2D eigenvalue weighted by Gasteiger charge is -2.57. The van der Waals surface area contributed by atoms with E-state index in [-0.39, 0.29) is 23.5 Å². The molecule has 0 N–H and O–H groups in total. The van der Waals surface area contributed by atoms with Crippen LogP contribution in [0.3, 0.4) is 0 Å². The van der Waals surface area contributed by atoms with Gasteiger partial charge in [0.2, 0.25) is 0 Å². The van der Waals surface area contributed by atoms with Crippen LogP contribution in [0.1, 0.15) is 49.0 Å². The van der Waals surface area contributed by atoms with Crippen LogP contribution in [0.15, 0.2) is 79.4 Å². The first kappa shape index (κ1) is 28.4. The van der Waals surface area contributed by atoms with Crippen LogP contribution in [0, 0.1) is 11.8 Å². The fourth-order valence-electron chi connectivity index (χ4n) is 7.29. The van der Waals surface area contributed by atoms with Gasteiger partial charge in [-0.25, -0.2) is 0 Å². The highest BCUT2D eigenvalue weighted by Gasteiger charge is 2.53. The summed E-state index contributed by atoms with van der Waals surface area (Å²) >= 11 is 0. The first-order valence-corrected chi connectivity index (χ1v) is 14.7. The van der Waals surface area contributed by atoms with E-state index in [9.17, 15) is 4.79 Å². The topological polar surface area (TPSA) is 42.0 Å². The van der Waals surface area contributed by atoms with Crippen molar-refractivity contribution in [1.82, 2.24) is 9.80 Å². The van der Waals surface area contributed by atoms with E-state index in [2.05, 4.69) is 72.7 Å². The highest BCUT2D eigenvalue weighted by molar-refractivity contribution is 5.98. The van der Waals surface area contributed by atoms with E-state index in [1.54, 1.807) is 7.11 Å². The van der Waals surface area contributed by atoms with Crippen molar-refractivity contribution in [1.29, 1.82) is 0 Å². The number of fused-ring (bicyclic) bond motifs is 2. The molecule has 0 radical (unpaired) electrons. The SMILES string of the molecule is C=CCN1CCC2(c3cccc(OC)c3)CC(N(CC(C)C)C(=O)c3ccc4ccccc4c3)CC(OC)C2C1. The summed E-state index contributed by atoms with van der Waals surface area (Å²) in [6.45, 7) is 11.9. The van der Waals surface area contributed by atoms with Gasteiger partial charge in [-0.05, 0) is 72.3 Å². The average molecular weight is 541 g/mol. The van der Waals surface area contributed by atoms with Crippen LogP contribution in [0.2, 0.25) is 0 Å². The zero-order valence-electron chi connectivity index (χ0n) is 24.5. The van der Waals surface area contributed by atoms with Crippen molar-refractivity contribution < 1.29 is 14.3 Å². The fraction of sp³-hybridized carbons (Fsp3) is 0.457. The Morgan fingerprint density at radius 2 is 1.90 bits per heavy atom. The number of nitrogens with zero attached hydrogens (tertiary/aromatic N) is 2. The highest BCUT2D eigenvalue weighted by atomic mass is 16.5. The third-order valence-corrected chi connectivity index (χ3v) is 9.19. The highest BCUT2D eigenvalue weighted by Crippen LogP contribution is 2.51. The monoisotopic (exact) mass is 540 g/mol. The molecule has 5 rings (SSSR count). The van der Waals surface area contributed by atoms with Crippen LogP contribution in [-0.4, -0.2) is 68.3 Å². The molecule has 1 amide bonds. The Morgan fingerprint density at radius 3 is 2.62 bits per heavy atom. The van der Waals surface area contributed by atoms with Crippen molar-refractivity contribution in [3.8, 4) is 5.75 Å². The molecule has 1 aliphatic carbocycles. The van der Waals surface area contributed by atoms with Crippen molar-refractivity contribution in [3.63, 3.8) is 0 Å². The van der Waals surface area contributed by atoms with Gasteiger partial charge in [0, 0.05) is 49.7 Å². The van der Waals surface area contributed by atoms with E-state index in [1.165, 1.54) is 5.56 Å². The van der Waals surface area contributed by atoms with Crippen LogP contribution in [0.4, 0.5) is 0 Å². The molecule has 0 bridgehead atoms. The summed E-state index contributed by atoms with van der Waals surface area (Å²) in [6.07, 6.45) is 4.80. The van der Waals surface area contributed by atoms with Crippen molar-refractivity contribution in [3.05, 3.63) is 90.5 Å². The average Bonchev–Trinajstić information content (AvgIpc) is 2.98. The minimum absolute atomic E-state index is 0.0385. The molecule has 1 saturated carbocycles. The molecule has 3 aromatic rings. The standard InChI is InChI=1S/C35H44N2O3/c1-6-17-36-18-16-35(29-12-9-13-31(20-29)39-4)22-30(21-33(40-5)32(35)24-36)37(23-25(2)3)34(38)28-15-14-26-10-7-8-11-27(26)19-28/h6-15,19-20,25,30,32-33H,1,16-18,21-24H2,2-5H3. The summed E-state index contributed by atoms with van der Waals surface area (Å²) in [4.78, 5) is 19.0. The van der Waals surface area contributed by atoms with Crippen LogP contribution in [0.25, 0.3) is 10.8 Å². The molecule has 0 aromatic heterocycles. The Kier molecular flexibility index (Phi) is 8.62. The van der Waals surface area contributed by atoms with E-state index in [4.69, 9.17) is 9.47 Å². The number of carbonyl (C=O) groups excluding carboxylic acids is 1. The van der Waals surface area contributed by atoms with Gasteiger partial charge in [0.15, 0.2) is 0 Å². The van der Waals surface area contributed by atoms with Crippen molar-refractivity contribution >= 4 is 16.7 Å². The van der Waals surface area contributed by atoms with Gasteiger partial charge in [-0.2, -0.15) is 0 Å². The smallest absolute Gasteiger partial charge is 0.254 e. The molecule has 0 spiro atoms. The van der Waals surface area contributed by atoms with Gasteiger partial charge in [-0.1, -0.05) is 62.4 Å². The summed E-state index contributed by atoms with van der Waals surface area (Å²) in [7, 11) is 3.57. The zero-order valence-corrected chi connectivity index (χ0v) is 24.5. The van der Waals surface area contributed by atoms with Gasteiger partial charge in [-0.3, -0.25) is 9.69 Å². The maximum absolute atomic E-state index is 14.3. The first-order valence-electron chi connectivity index (χ1n) is 14.7. The van der Waals surface area contributed by atoms with Crippen molar-refractivity contribution in [2.45, 2.75) is 50.7 Å². The number of likely N-dealkylation sites (tertiary alicyclic amines) is 1. The number of carbonyl (C=O) groups is 1. The van der Waals surface area contributed by atoms with Crippen LogP contribution in [-0.2, 0) is 10.2 Å². The number of ether oxygens (including phenoxy) is 2. The molecule has 1 aliphatic heterocycles. The number of hydrogen-bond donors (Lipinski definition) is 0. The van der Waals surface area contributed by atoms with E-state index >= 15 is 0 Å². The number of benzene rings is 3. The maximum Gasteiger partial charge on any atom is 0.254 e. The predicted octanol–water partition coefficient (Wildman–Crippen LogP) is 6.57.